The fraction of sp³-hybridized carbons (Fsp3) is 0.544. The van der Waals surface area contributed by atoms with E-state index in [9.17, 15) is 59.0 Å². The van der Waals surface area contributed by atoms with Crippen molar-refractivity contribution in [1.29, 1.82) is 0 Å². The number of phenolic OH excluding ortho intramolecular Hbond substituents is 3. The molecule has 4 aliphatic rings. The van der Waals surface area contributed by atoms with Crippen LogP contribution < -0.4 is 21.7 Å². The smallest absolute Gasteiger partial charge is 0.407 e. The number of ether oxygens (including phenoxy) is 19. The molecule has 2 aliphatic heterocycles. The number of aliphatic hydroxyl groups excluding tert-OH is 6. The van der Waals surface area contributed by atoms with Gasteiger partial charge in [-0.25, -0.2) is 19.2 Å². The molecule has 2 saturated heterocycles. The van der Waals surface area contributed by atoms with E-state index in [0.717, 1.165) is 56.7 Å². The zero-order chi connectivity index (χ0) is 106. The minimum absolute atomic E-state index is 0.0358. The van der Waals surface area contributed by atoms with Crippen LogP contribution >= 0.6 is 23.2 Å². The van der Waals surface area contributed by atoms with Crippen molar-refractivity contribution >= 4 is 53.3 Å². The van der Waals surface area contributed by atoms with Crippen molar-refractivity contribution in [3.63, 3.8) is 0 Å². The summed E-state index contributed by atoms with van der Waals surface area (Å²) in [7, 11) is 7.02. The number of rotatable bonds is 59. The number of carboxylic acids is 1. The molecule has 0 saturated carbocycles. The number of benzene rings is 7. The molecule has 0 bridgehead atoms. The maximum atomic E-state index is 13.0. The predicted molar refractivity (Wildman–Crippen MR) is 537 cm³/mol. The summed E-state index contributed by atoms with van der Waals surface area (Å²) >= 11 is 10.6. The molecule has 808 valence electrons. The number of nitrogens with two attached hydrogens (primary N) is 1. The minimum atomic E-state index is -1.16. The number of halogens is 3. The Morgan fingerprint density at radius 1 is 0.417 bits per heavy atom. The highest BCUT2D eigenvalue weighted by molar-refractivity contribution is 6.18. The van der Waals surface area contributed by atoms with Gasteiger partial charge in [-0.1, -0.05) is 140 Å². The first-order valence-corrected chi connectivity index (χ1v) is 48.2. The molecule has 0 spiro atoms. The van der Waals surface area contributed by atoms with Crippen LogP contribution in [0.25, 0.3) is 22.3 Å². The third-order valence-electron chi connectivity index (χ3n) is 20.4. The lowest BCUT2D eigenvalue weighted by Crippen LogP contribution is -2.44. The number of carbonyl (C=O) groups is 5. The quantitative estimate of drug-likeness (QED) is 0.00562. The molecule has 15 N–H and O–H groups in total. The summed E-state index contributed by atoms with van der Waals surface area (Å²) in [5.41, 5.74) is 16.7. The largest absolute Gasteiger partial charge is 0.508 e. The summed E-state index contributed by atoms with van der Waals surface area (Å²) in [4.78, 5) is 61.6. The van der Waals surface area contributed by atoms with Crippen LogP contribution in [0.15, 0.2) is 170 Å². The molecule has 41 heteroatoms. The second-order valence-corrected chi connectivity index (χ2v) is 32.4. The van der Waals surface area contributed by atoms with Gasteiger partial charge >= 0.3 is 30.1 Å². The van der Waals surface area contributed by atoms with Crippen molar-refractivity contribution in [2.45, 2.75) is 99.0 Å². The van der Waals surface area contributed by atoms with E-state index < -0.39 is 79.8 Å². The van der Waals surface area contributed by atoms with Gasteiger partial charge in [-0.2, -0.15) is 0 Å². The average molecular weight is 2080 g/mol. The van der Waals surface area contributed by atoms with Gasteiger partial charge in [-0.3, -0.25) is 9.18 Å². The number of amides is 2. The number of epoxide rings is 1. The second-order valence-electron chi connectivity index (χ2n) is 31.8. The summed E-state index contributed by atoms with van der Waals surface area (Å²) in [5.74, 6) is -1.54. The fourth-order valence-electron chi connectivity index (χ4n) is 13.0. The Labute approximate surface area is 854 Å². The lowest BCUT2D eigenvalue weighted by Gasteiger charge is -2.20. The predicted octanol–water partition coefficient (Wildman–Crippen LogP) is 8.09. The standard InChI is InChI=1S/C32H37NO9.C24H21NO5.C17H27NO7.C8H17ClO4.C8H18O5.C5H11N.C5H12O3.C3H5ClO.CH3F/c1-38-14-15-39-16-17-40-19-24(35)20-41-31(36)30(18-22-10-12-23(34)13-11-22)33-32(37)42-21-29-27-8-4-2-6-25(27)26-7-3-5-9-28(26)29;26-16-11-9-15(10-12-16)13-22(23(27)28)25-24(29)30-14-21-19-7-3-1-5-17(19)18-6-2-4-8-20(18)21;1-22-6-7-23-8-9-24-11-15(20)12-25-17(21)16(18)10-13-2-4-14(19)5-3-13;2*1-11-2-3-12-4-5-13-7-8(10)6-9;1-2-4-6-5-3-1;1-7-4-5-8-3-2-6;4-1-3-2-5-3;1-2/h2-13,24,29-30,34-35H,14-21H2,1H3,(H,33,37);1-12,21-22,26H,13-14H2,(H,25,29)(H,27,28);2-5,15-16,19-20H,6-12,18H2,1H3;8,10H,2-7H2,1H3;8-10H,2-7H2,1H3;6H,1-5H2;6H,2-5H2,1H3;3H,1-2H2;1H3/i;;;;;;;;1D. The number of hydrogen-bond acceptors (Lipinski definition) is 35. The van der Waals surface area contributed by atoms with Crippen LogP contribution in [0.3, 0.4) is 0 Å². The normalized spacial score (nSPS) is 14.3. The van der Waals surface area contributed by atoms with Crippen LogP contribution in [0, 0.1) is 0 Å². The number of aliphatic carboxylic acids is 1. The topological polar surface area (TPSA) is 528 Å². The molecule has 2 heterocycles. The Morgan fingerprint density at radius 2 is 0.722 bits per heavy atom. The third-order valence-corrected chi connectivity index (χ3v) is 21.1. The second kappa shape index (κ2) is 83.5. The van der Waals surface area contributed by atoms with Crippen LogP contribution in [0.1, 0.15) is 71.4 Å². The highest BCUT2D eigenvalue weighted by atomic mass is 35.5. The van der Waals surface area contributed by atoms with Gasteiger partial charge in [-0.05, 0) is 130 Å². The van der Waals surface area contributed by atoms with E-state index in [0.29, 0.717) is 142 Å². The molecule has 2 fully saturated rings. The number of aromatic hydroxyl groups is 3. The van der Waals surface area contributed by atoms with Crippen molar-refractivity contribution in [3.05, 3.63) is 209 Å². The van der Waals surface area contributed by atoms with E-state index in [1.54, 1.807) is 71.9 Å². The number of methoxy groups -OCH3 is 5. The summed E-state index contributed by atoms with van der Waals surface area (Å²) in [6.45, 7) is 12.2. The van der Waals surface area contributed by atoms with Crippen LogP contribution in [0.5, 0.6) is 17.2 Å². The molecule has 7 aromatic carbocycles. The van der Waals surface area contributed by atoms with Crippen molar-refractivity contribution in [2.75, 3.05) is 266 Å². The SMILES string of the molecule is C1CCNCC1.COCCOCCO.COCCOCCOCC(O)CCl.COCCOCCOCC(O)CO.COCCOCCOCC(O)COC(=O)C(Cc1ccc(O)cc1)NC(=O)OCC1c2ccccc2-c2ccccc21.COCCOCCOCC(O)COC(=O)C(N)Cc1ccc(O)cc1.ClCC1CO1.O=C(NC(Cc1ccc(O)cc1)C(=O)O)OCC1c2ccccc2-c2ccccc21.[2H]CF. The molecular weight excluding hydrogens is 1930 g/mol. The zero-order valence-electron chi connectivity index (χ0n) is 83.9. The number of alkyl halides is 3. The highest BCUT2D eigenvalue weighted by Crippen LogP contribution is 2.46. The molecule has 8 unspecified atom stereocenters. The molecule has 0 radical (unpaired) electrons. The van der Waals surface area contributed by atoms with Gasteiger partial charge in [0.2, 0.25) is 0 Å². The Bertz CT molecular complexity index is 4310. The molecule has 2 amide bonds. The van der Waals surface area contributed by atoms with Crippen LogP contribution in [0.4, 0.5) is 14.0 Å². The fourth-order valence-corrected chi connectivity index (χ4v) is 13.3. The average Bonchev–Trinajstić information content (AvgIpc) is 1.62. The summed E-state index contributed by atoms with van der Waals surface area (Å²) in [6.07, 6.45) is 0.168. The highest BCUT2D eigenvalue weighted by Gasteiger charge is 2.33. The molecule has 11 rings (SSSR count). The molecule has 8 atom stereocenters. The van der Waals surface area contributed by atoms with Gasteiger partial charge in [-0.15, -0.1) is 23.2 Å². The number of esters is 2. The van der Waals surface area contributed by atoms with Gasteiger partial charge in [0, 0.05) is 60.2 Å². The summed E-state index contributed by atoms with van der Waals surface area (Å²) in [6, 6.07) is 47.8. The molecule has 0 aromatic heterocycles. The lowest BCUT2D eigenvalue weighted by molar-refractivity contribution is -0.150. The van der Waals surface area contributed by atoms with E-state index in [2.05, 4.69) is 20.7 Å². The number of fused-ring (bicyclic) bond motifs is 6. The van der Waals surface area contributed by atoms with Gasteiger partial charge in [0.15, 0.2) is 0 Å². The number of alkyl carbamates (subject to hydrolysis) is 2. The monoisotopic (exact) mass is 2080 g/mol. The first-order chi connectivity index (χ1) is 70.4. The Hall–Kier alpha value is -9.52. The summed E-state index contributed by atoms with van der Waals surface area (Å²) < 4.78 is 112. The van der Waals surface area contributed by atoms with E-state index in [1.165, 1.54) is 68.8 Å². The minimum Gasteiger partial charge on any atom is -0.508 e. The van der Waals surface area contributed by atoms with Gasteiger partial charge in [0.1, 0.15) is 80.1 Å². The summed E-state index contributed by atoms with van der Waals surface area (Å²) in [5, 5.41) is 100. The first-order valence-electron chi connectivity index (χ1n) is 47.9. The van der Waals surface area contributed by atoms with Gasteiger partial charge in [0.25, 0.3) is 0 Å². The number of hydrogen-bond donors (Lipinski definition) is 14. The lowest BCUT2D eigenvalue weighted by atomic mass is 9.98. The van der Waals surface area contributed by atoms with E-state index >= 15 is 0 Å². The molecule has 144 heavy (non-hydrogen) atoms. The number of nitrogens with one attached hydrogen (secondary N) is 3. The number of carbonyl (C=O) groups excluding carboxylic acids is 4. The Morgan fingerprint density at radius 3 is 1.02 bits per heavy atom. The van der Waals surface area contributed by atoms with Crippen LogP contribution in [-0.4, -0.2) is 396 Å². The van der Waals surface area contributed by atoms with Crippen molar-refractivity contribution in [2.24, 2.45) is 5.73 Å². The van der Waals surface area contributed by atoms with Crippen molar-refractivity contribution < 1.29 is 171 Å². The molecule has 2 aliphatic carbocycles. The third kappa shape index (κ3) is 59.3. The zero-order valence-corrected chi connectivity index (χ0v) is 84.4. The Kier molecular flexibility index (Phi) is 73.5. The van der Waals surface area contributed by atoms with Gasteiger partial charge in [0.05, 0.1) is 204 Å². The number of piperidine rings is 1. The van der Waals surface area contributed by atoms with Gasteiger partial charge < -0.3 is 163 Å². The maximum absolute atomic E-state index is 13.0. The van der Waals surface area contributed by atoms with Crippen molar-refractivity contribution in [1.82, 2.24) is 16.0 Å². The molecule has 38 nitrogen and oxygen atoms in total. The number of carboxylic acid groups (broad SMARTS) is 1. The number of aliphatic hydroxyl groups is 6. The maximum Gasteiger partial charge on any atom is 0.407 e. The number of phenols is 3. The first kappa shape index (κ1) is 127. The molecular formula is C103H151Cl2FN4O34. The van der Waals surface area contributed by atoms with E-state index in [-0.39, 0.29) is 127 Å². The van der Waals surface area contributed by atoms with Crippen LogP contribution in [-0.2, 0) is 124 Å². The van der Waals surface area contributed by atoms with Crippen molar-refractivity contribution in [3.8, 4) is 39.5 Å². The van der Waals surface area contributed by atoms with E-state index in [1.807, 2.05) is 97.1 Å². The van der Waals surface area contributed by atoms with E-state index in [4.69, 9.17) is 136 Å². The van der Waals surface area contributed by atoms with Crippen LogP contribution in [0.2, 0.25) is 0 Å². The Balaban J connectivity index is 0.000000462. The molecule has 7 aromatic rings.